The van der Waals surface area contributed by atoms with Gasteiger partial charge in [-0.2, -0.15) is 13.2 Å². The molecule has 3 heterocycles. The standard InChI is InChI=1S/C21H23F6N3O5S/c1-19(3-5-30(6-4-19)18(32)33-7-8-35-21(25,26)27)11-34-14-9-13(20(22,23)24)16-15(29-14)12(10-36-16)17(31)28-2/h9-10H,3-8,11H2,1-2H3,(H,28,31). The maximum Gasteiger partial charge on any atom is 0.522 e. The zero-order valence-corrected chi connectivity index (χ0v) is 20.0. The lowest BCUT2D eigenvalue weighted by Gasteiger charge is -2.38. The summed E-state index contributed by atoms with van der Waals surface area (Å²) in [7, 11) is 1.36. The van der Waals surface area contributed by atoms with Gasteiger partial charge in [0.2, 0.25) is 5.88 Å². The molecule has 0 spiro atoms. The van der Waals surface area contributed by atoms with Crippen LogP contribution in [0, 0.1) is 5.41 Å². The average Bonchev–Trinajstić information content (AvgIpc) is 3.22. The number of pyridine rings is 1. The Labute approximate surface area is 205 Å². The number of ether oxygens (including phenoxy) is 3. The summed E-state index contributed by atoms with van der Waals surface area (Å²) in [6, 6.07) is 0.797. The summed E-state index contributed by atoms with van der Waals surface area (Å²) in [6.45, 7) is 0.860. The van der Waals surface area contributed by atoms with Gasteiger partial charge in [0, 0.05) is 37.0 Å². The summed E-state index contributed by atoms with van der Waals surface area (Å²) < 4.78 is 90.7. The van der Waals surface area contributed by atoms with Crippen LogP contribution in [-0.2, 0) is 15.7 Å². The summed E-state index contributed by atoms with van der Waals surface area (Å²) in [4.78, 5) is 29.6. The van der Waals surface area contributed by atoms with E-state index in [0.717, 1.165) is 17.4 Å². The van der Waals surface area contributed by atoms with Crippen LogP contribution in [0.4, 0.5) is 31.1 Å². The molecule has 1 saturated heterocycles. The lowest BCUT2D eigenvalue weighted by atomic mass is 9.81. The van der Waals surface area contributed by atoms with E-state index in [1.807, 2.05) is 6.92 Å². The van der Waals surface area contributed by atoms with Gasteiger partial charge >= 0.3 is 18.6 Å². The van der Waals surface area contributed by atoms with Crippen molar-refractivity contribution in [3.05, 3.63) is 22.6 Å². The van der Waals surface area contributed by atoms with Gasteiger partial charge in [-0.25, -0.2) is 9.78 Å². The Kier molecular flexibility index (Phi) is 8.23. The van der Waals surface area contributed by atoms with Gasteiger partial charge in [0.05, 0.1) is 34.6 Å². The van der Waals surface area contributed by atoms with E-state index in [4.69, 9.17) is 9.47 Å². The number of alkyl halides is 6. The van der Waals surface area contributed by atoms with Crippen LogP contribution in [0.3, 0.4) is 0 Å². The van der Waals surface area contributed by atoms with Gasteiger partial charge in [-0.15, -0.1) is 24.5 Å². The van der Waals surface area contributed by atoms with Gasteiger partial charge < -0.3 is 19.7 Å². The minimum atomic E-state index is -4.81. The summed E-state index contributed by atoms with van der Waals surface area (Å²) in [6.07, 6.45) is -9.49. The molecule has 1 aliphatic heterocycles. The molecule has 15 heteroatoms. The third kappa shape index (κ3) is 6.90. The van der Waals surface area contributed by atoms with Crippen molar-refractivity contribution >= 4 is 33.6 Å². The van der Waals surface area contributed by atoms with Gasteiger partial charge in [-0.1, -0.05) is 6.92 Å². The largest absolute Gasteiger partial charge is 0.522 e. The van der Waals surface area contributed by atoms with Crippen molar-refractivity contribution in [3.63, 3.8) is 0 Å². The molecule has 2 amide bonds. The molecule has 0 aromatic carbocycles. The summed E-state index contributed by atoms with van der Waals surface area (Å²) >= 11 is 0.765. The molecule has 200 valence electrons. The van der Waals surface area contributed by atoms with E-state index >= 15 is 0 Å². The number of carbonyl (C=O) groups excluding carboxylic acids is 2. The van der Waals surface area contributed by atoms with Crippen molar-refractivity contribution in [2.75, 3.05) is 40.0 Å². The van der Waals surface area contributed by atoms with Crippen molar-refractivity contribution in [2.45, 2.75) is 32.3 Å². The first kappa shape index (κ1) is 27.8. The minimum absolute atomic E-state index is 0.00659. The molecule has 1 aliphatic rings. The second kappa shape index (κ2) is 10.7. The van der Waals surface area contributed by atoms with Crippen LogP contribution >= 0.6 is 11.3 Å². The third-order valence-corrected chi connectivity index (χ3v) is 6.65. The van der Waals surface area contributed by atoms with Crippen LogP contribution in [0.15, 0.2) is 11.4 Å². The van der Waals surface area contributed by atoms with Crippen LogP contribution in [0.2, 0.25) is 0 Å². The number of aromatic nitrogens is 1. The number of amides is 2. The molecule has 36 heavy (non-hydrogen) atoms. The van der Waals surface area contributed by atoms with E-state index in [1.54, 1.807) is 0 Å². The molecule has 1 fully saturated rings. The Morgan fingerprint density at radius 1 is 1.17 bits per heavy atom. The summed E-state index contributed by atoms with van der Waals surface area (Å²) in [5.74, 6) is -0.860. The number of nitrogens with one attached hydrogen (secondary N) is 1. The monoisotopic (exact) mass is 543 g/mol. The Balaban J connectivity index is 1.63. The minimum Gasteiger partial charge on any atom is -0.477 e. The first-order valence-corrected chi connectivity index (χ1v) is 11.6. The van der Waals surface area contributed by atoms with Crippen LogP contribution in [0.5, 0.6) is 5.88 Å². The Morgan fingerprint density at radius 3 is 2.42 bits per heavy atom. The number of rotatable bonds is 7. The fraction of sp³-hybridized carbons (Fsp3) is 0.571. The molecule has 0 saturated carbocycles. The van der Waals surface area contributed by atoms with E-state index in [1.165, 1.54) is 17.3 Å². The molecular formula is C21H23F6N3O5S. The second-order valence-electron chi connectivity index (χ2n) is 8.41. The number of hydrogen-bond acceptors (Lipinski definition) is 7. The highest BCUT2D eigenvalue weighted by atomic mass is 32.1. The van der Waals surface area contributed by atoms with E-state index in [-0.39, 0.29) is 41.4 Å². The van der Waals surface area contributed by atoms with Crippen molar-refractivity contribution in [1.29, 1.82) is 0 Å². The molecule has 0 aliphatic carbocycles. The second-order valence-corrected chi connectivity index (χ2v) is 9.29. The quantitative estimate of drug-likeness (QED) is 0.398. The number of thiophene rings is 1. The fourth-order valence-electron chi connectivity index (χ4n) is 3.56. The van der Waals surface area contributed by atoms with Crippen molar-refractivity contribution in [3.8, 4) is 5.88 Å². The lowest BCUT2D eigenvalue weighted by molar-refractivity contribution is -0.326. The Morgan fingerprint density at radius 2 is 1.83 bits per heavy atom. The van der Waals surface area contributed by atoms with Crippen LogP contribution in [-0.4, -0.2) is 68.2 Å². The number of piperidine rings is 1. The van der Waals surface area contributed by atoms with Gasteiger partial charge in [-0.3, -0.25) is 9.53 Å². The maximum absolute atomic E-state index is 13.7. The molecule has 2 aromatic heterocycles. The summed E-state index contributed by atoms with van der Waals surface area (Å²) in [5.41, 5.74) is -1.59. The molecule has 0 bridgehead atoms. The number of fused-ring (bicyclic) bond motifs is 1. The Hall–Kier alpha value is -2.81. The molecule has 0 radical (unpaired) electrons. The zero-order valence-electron chi connectivity index (χ0n) is 19.2. The predicted molar refractivity (Wildman–Crippen MR) is 116 cm³/mol. The zero-order chi connectivity index (χ0) is 26.7. The van der Waals surface area contributed by atoms with Gasteiger partial charge in [0.15, 0.2) is 0 Å². The van der Waals surface area contributed by atoms with Gasteiger partial charge in [0.25, 0.3) is 5.91 Å². The molecule has 2 aromatic rings. The number of hydrogen-bond donors (Lipinski definition) is 1. The highest BCUT2D eigenvalue weighted by Crippen LogP contribution is 2.40. The summed E-state index contributed by atoms with van der Waals surface area (Å²) in [5, 5.41) is 3.68. The van der Waals surface area contributed by atoms with Crippen molar-refractivity contribution < 1.29 is 50.1 Å². The van der Waals surface area contributed by atoms with E-state index in [9.17, 15) is 35.9 Å². The fourth-order valence-corrected chi connectivity index (χ4v) is 4.59. The molecule has 0 atom stereocenters. The first-order valence-electron chi connectivity index (χ1n) is 10.7. The highest BCUT2D eigenvalue weighted by Gasteiger charge is 2.37. The molecular weight excluding hydrogens is 520 g/mol. The normalized spacial score (nSPS) is 16.2. The predicted octanol–water partition coefficient (Wildman–Crippen LogP) is 4.83. The van der Waals surface area contributed by atoms with Gasteiger partial charge in [0.1, 0.15) is 6.61 Å². The van der Waals surface area contributed by atoms with E-state index in [0.29, 0.717) is 12.8 Å². The van der Waals surface area contributed by atoms with Crippen LogP contribution in [0.25, 0.3) is 10.2 Å². The van der Waals surface area contributed by atoms with E-state index in [2.05, 4.69) is 15.0 Å². The molecule has 0 unspecified atom stereocenters. The topological polar surface area (TPSA) is 90.0 Å². The lowest BCUT2D eigenvalue weighted by Crippen LogP contribution is -2.44. The number of halogens is 6. The first-order chi connectivity index (χ1) is 16.7. The average molecular weight is 543 g/mol. The van der Waals surface area contributed by atoms with Crippen LogP contribution < -0.4 is 10.1 Å². The van der Waals surface area contributed by atoms with Crippen molar-refractivity contribution in [1.82, 2.24) is 15.2 Å². The maximum atomic E-state index is 13.7. The number of carbonyl (C=O) groups is 2. The number of likely N-dealkylation sites (tertiary alicyclic amines) is 1. The smallest absolute Gasteiger partial charge is 0.477 e. The Bertz CT molecular complexity index is 1100. The van der Waals surface area contributed by atoms with Crippen LogP contribution in [0.1, 0.15) is 35.7 Å². The van der Waals surface area contributed by atoms with Crippen molar-refractivity contribution in [2.24, 2.45) is 5.41 Å². The van der Waals surface area contributed by atoms with E-state index < -0.39 is 48.7 Å². The van der Waals surface area contributed by atoms with Gasteiger partial charge in [-0.05, 0) is 12.8 Å². The molecule has 8 nitrogen and oxygen atoms in total. The molecule has 1 N–H and O–H groups in total. The third-order valence-electron chi connectivity index (χ3n) is 5.65. The SMILES string of the molecule is CNC(=O)c1csc2c(C(F)(F)F)cc(OCC3(C)CCN(C(=O)OCCOC(F)(F)F)CC3)nc12. The number of nitrogens with zero attached hydrogens (tertiary/aromatic N) is 2. The highest BCUT2D eigenvalue weighted by molar-refractivity contribution is 7.17. The molecule has 3 rings (SSSR count).